The molecule has 1 fully saturated rings. The number of hydrogen-bond acceptors (Lipinski definition) is 5. The molecule has 0 bridgehead atoms. The predicted molar refractivity (Wildman–Crippen MR) is 95.3 cm³/mol. The number of benzene rings is 1. The van der Waals surface area contributed by atoms with Gasteiger partial charge < -0.3 is 9.51 Å². The van der Waals surface area contributed by atoms with Crippen LogP contribution >= 0.6 is 0 Å². The van der Waals surface area contributed by atoms with E-state index in [1.165, 1.54) is 0 Å². The van der Waals surface area contributed by atoms with Gasteiger partial charge >= 0.3 is 0 Å². The molecule has 25 heavy (non-hydrogen) atoms. The van der Waals surface area contributed by atoms with E-state index in [0.717, 1.165) is 41.7 Å². The van der Waals surface area contributed by atoms with E-state index in [2.05, 4.69) is 20.0 Å². The number of likely N-dealkylation sites (tertiary alicyclic amines) is 1. The van der Waals surface area contributed by atoms with Gasteiger partial charge in [-0.25, -0.2) is 0 Å². The van der Waals surface area contributed by atoms with Gasteiger partial charge in [-0.15, -0.1) is 0 Å². The first-order valence-electron chi connectivity index (χ1n) is 8.80. The molecule has 1 saturated heterocycles. The fourth-order valence-corrected chi connectivity index (χ4v) is 3.45. The van der Waals surface area contributed by atoms with E-state index in [1.54, 1.807) is 0 Å². The fourth-order valence-electron chi connectivity index (χ4n) is 3.45. The number of aromatic nitrogens is 3. The summed E-state index contributed by atoms with van der Waals surface area (Å²) in [5.74, 6) is 1.63. The Morgan fingerprint density at radius 3 is 3.00 bits per heavy atom. The van der Waals surface area contributed by atoms with Crippen LogP contribution in [-0.2, 0) is 6.54 Å². The molecule has 0 amide bonds. The highest BCUT2D eigenvalue weighted by molar-refractivity contribution is 5.78. The van der Waals surface area contributed by atoms with Crippen molar-refractivity contribution in [2.24, 2.45) is 0 Å². The zero-order valence-corrected chi connectivity index (χ0v) is 14.5. The molecule has 0 radical (unpaired) electrons. The average molecular weight is 338 g/mol. The van der Waals surface area contributed by atoms with Crippen LogP contribution in [0.3, 0.4) is 0 Å². The lowest BCUT2D eigenvalue weighted by Crippen LogP contribution is -2.27. The molecule has 130 valence electrons. The van der Waals surface area contributed by atoms with Gasteiger partial charge in [-0.2, -0.15) is 4.98 Å². The Morgan fingerprint density at radius 1 is 1.36 bits per heavy atom. The van der Waals surface area contributed by atoms with E-state index in [4.69, 9.17) is 4.52 Å². The summed E-state index contributed by atoms with van der Waals surface area (Å²) in [6, 6.07) is 9.95. The Balaban J connectivity index is 1.61. The lowest BCUT2D eigenvalue weighted by Gasteiger charge is -2.21. The zero-order chi connectivity index (χ0) is 17.4. The number of pyridine rings is 1. The van der Waals surface area contributed by atoms with Crippen LogP contribution in [0.4, 0.5) is 0 Å². The van der Waals surface area contributed by atoms with E-state index in [0.29, 0.717) is 12.4 Å². The second-order valence-electron chi connectivity index (χ2n) is 6.98. The SMILES string of the molecule is CC(C)c1nc([C@@H]2CCCN2Cc2cc3ccccc3[nH]c2=O)no1. The van der Waals surface area contributed by atoms with Crippen LogP contribution in [0.1, 0.15) is 55.9 Å². The maximum absolute atomic E-state index is 12.4. The fraction of sp³-hybridized carbons (Fsp3) is 0.421. The Hall–Kier alpha value is -2.47. The molecular formula is C19H22N4O2. The molecule has 1 aliphatic heterocycles. The van der Waals surface area contributed by atoms with Crippen molar-refractivity contribution in [3.8, 4) is 0 Å². The van der Waals surface area contributed by atoms with Crippen LogP contribution in [0.15, 0.2) is 39.6 Å². The van der Waals surface area contributed by atoms with Crippen molar-refractivity contribution >= 4 is 10.9 Å². The first kappa shape index (κ1) is 16.0. The summed E-state index contributed by atoms with van der Waals surface area (Å²) in [7, 11) is 0. The number of aromatic amines is 1. The van der Waals surface area contributed by atoms with Gasteiger partial charge in [0.2, 0.25) is 5.89 Å². The third kappa shape index (κ3) is 3.09. The van der Waals surface area contributed by atoms with Crippen molar-refractivity contribution in [1.82, 2.24) is 20.0 Å². The van der Waals surface area contributed by atoms with Crippen molar-refractivity contribution in [2.45, 2.75) is 45.2 Å². The van der Waals surface area contributed by atoms with Crippen molar-refractivity contribution < 1.29 is 4.52 Å². The third-order valence-electron chi connectivity index (χ3n) is 4.82. The summed E-state index contributed by atoms with van der Waals surface area (Å²) in [5, 5.41) is 5.22. The first-order valence-corrected chi connectivity index (χ1v) is 8.80. The van der Waals surface area contributed by atoms with Crippen molar-refractivity contribution in [2.75, 3.05) is 6.54 Å². The van der Waals surface area contributed by atoms with Gasteiger partial charge in [-0.05, 0) is 36.9 Å². The number of H-pyrrole nitrogens is 1. The second-order valence-corrected chi connectivity index (χ2v) is 6.98. The number of nitrogens with one attached hydrogen (secondary N) is 1. The predicted octanol–water partition coefficient (Wildman–Crippen LogP) is 3.37. The molecule has 1 aliphatic rings. The molecule has 6 heteroatoms. The van der Waals surface area contributed by atoms with Gasteiger partial charge in [-0.1, -0.05) is 37.2 Å². The highest BCUT2D eigenvalue weighted by Gasteiger charge is 2.30. The Bertz CT molecular complexity index is 944. The normalized spacial score (nSPS) is 18.4. The number of hydrogen-bond donors (Lipinski definition) is 1. The largest absolute Gasteiger partial charge is 0.339 e. The van der Waals surface area contributed by atoms with E-state index >= 15 is 0 Å². The summed E-state index contributed by atoms with van der Waals surface area (Å²) in [4.78, 5) is 22.2. The quantitative estimate of drug-likeness (QED) is 0.789. The van der Waals surface area contributed by atoms with E-state index in [1.807, 2.05) is 44.2 Å². The molecule has 1 atom stereocenters. The molecule has 6 nitrogen and oxygen atoms in total. The molecule has 1 N–H and O–H groups in total. The molecule has 1 aromatic carbocycles. The summed E-state index contributed by atoms with van der Waals surface area (Å²) in [6.07, 6.45) is 2.06. The van der Waals surface area contributed by atoms with Crippen LogP contribution in [0.5, 0.6) is 0 Å². The minimum atomic E-state index is -0.0275. The summed E-state index contributed by atoms with van der Waals surface area (Å²) < 4.78 is 5.36. The average Bonchev–Trinajstić information content (AvgIpc) is 3.24. The lowest BCUT2D eigenvalue weighted by molar-refractivity contribution is 0.233. The van der Waals surface area contributed by atoms with Crippen LogP contribution in [0.2, 0.25) is 0 Å². The zero-order valence-electron chi connectivity index (χ0n) is 14.5. The highest BCUT2D eigenvalue weighted by atomic mass is 16.5. The third-order valence-corrected chi connectivity index (χ3v) is 4.82. The smallest absolute Gasteiger partial charge is 0.252 e. The van der Waals surface area contributed by atoms with Crippen LogP contribution in [0.25, 0.3) is 10.9 Å². The van der Waals surface area contributed by atoms with Crippen molar-refractivity contribution in [3.05, 3.63) is 58.0 Å². The molecule has 0 unspecified atom stereocenters. The van der Waals surface area contributed by atoms with Crippen molar-refractivity contribution in [3.63, 3.8) is 0 Å². The van der Waals surface area contributed by atoms with Gasteiger partial charge in [0.1, 0.15) is 0 Å². The Kier molecular flexibility index (Phi) is 4.13. The number of rotatable bonds is 4. The molecule has 0 saturated carbocycles. The molecule has 3 heterocycles. The second kappa shape index (κ2) is 6.44. The lowest BCUT2D eigenvalue weighted by atomic mass is 10.1. The van der Waals surface area contributed by atoms with Gasteiger partial charge in [0, 0.05) is 23.5 Å². The van der Waals surface area contributed by atoms with Gasteiger partial charge in [0.05, 0.1) is 6.04 Å². The molecular weight excluding hydrogens is 316 g/mol. The monoisotopic (exact) mass is 338 g/mol. The van der Waals surface area contributed by atoms with Crippen LogP contribution in [-0.4, -0.2) is 26.6 Å². The summed E-state index contributed by atoms with van der Waals surface area (Å²) in [5.41, 5.74) is 1.62. The first-order chi connectivity index (χ1) is 12.1. The Labute approximate surface area is 145 Å². The highest BCUT2D eigenvalue weighted by Crippen LogP contribution is 2.32. The molecule has 4 rings (SSSR count). The van der Waals surface area contributed by atoms with Gasteiger partial charge in [-0.3, -0.25) is 9.69 Å². The van der Waals surface area contributed by atoms with Crippen LogP contribution < -0.4 is 5.56 Å². The van der Waals surface area contributed by atoms with E-state index < -0.39 is 0 Å². The van der Waals surface area contributed by atoms with Gasteiger partial charge in [0.25, 0.3) is 5.56 Å². The maximum atomic E-state index is 12.4. The van der Waals surface area contributed by atoms with Crippen molar-refractivity contribution in [1.29, 1.82) is 0 Å². The Morgan fingerprint density at radius 2 is 2.20 bits per heavy atom. The summed E-state index contributed by atoms with van der Waals surface area (Å²) in [6.45, 7) is 5.61. The number of nitrogens with zero attached hydrogens (tertiary/aromatic N) is 3. The number of fused-ring (bicyclic) bond motifs is 1. The van der Waals surface area contributed by atoms with Crippen LogP contribution in [0, 0.1) is 0 Å². The molecule has 0 aliphatic carbocycles. The standard InChI is InChI=1S/C19H22N4O2/c1-12(2)19-21-17(22-25-19)16-8-5-9-23(16)11-14-10-13-6-3-4-7-15(13)20-18(14)24/h3-4,6-7,10,12,16H,5,8-9,11H2,1-2H3,(H,20,24)/t16-/m0/s1. The number of para-hydroxylation sites is 1. The topological polar surface area (TPSA) is 75.0 Å². The van der Waals surface area contributed by atoms with Gasteiger partial charge in [0.15, 0.2) is 5.82 Å². The summed E-state index contributed by atoms with van der Waals surface area (Å²) >= 11 is 0. The van der Waals surface area contributed by atoms with E-state index in [-0.39, 0.29) is 17.5 Å². The maximum Gasteiger partial charge on any atom is 0.252 e. The molecule has 2 aromatic heterocycles. The van der Waals surface area contributed by atoms with E-state index in [9.17, 15) is 4.79 Å². The minimum absolute atomic E-state index is 0.0275. The minimum Gasteiger partial charge on any atom is -0.339 e. The molecule has 3 aromatic rings. The molecule has 0 spiro atoms.